The van der Waals surface area contributed by atoms with Gasteiger partial charge in [-0.15, -0.1) is 0 Å². The molecule has 0 bridgehead atoms. The molecule has 0 aliphatic heterocycles. The van der Waals surface area contributed by atoms with Gasteiger partial charge in [0.25, 0.3) is 0 Å². The molecule has 0 aliphatic carbocycles. The lowest BCUT2D eigenvalue weighted by Crippen LogP contribution is -2.26. The minimum absolute atomic E-state index is 0.572. The van der Waals surface area contributed by atoms with Crippen LogP contribution in [0, 0.1) is 0 Å². The van der Waals surface area contributed by atoms with E-state index in [-0.39, 0.29) is 0 Å². The molecule has 0 saturated carbocycles. The second kappa shape index (κ2) is 4.10. The molecule has 0 N–H and O–H groups in total. The predicted octanol–water partition coefficient (Wildman–Crippen LogP) is 3.51. The average Bonchev–Trinajstić information content (AvgIpc) is 1.88. The van der Waals surface area contributed by atoms with Crippen molar-refractivity contribution in [3.63, 3.8) is 0 Å². The Kier molecular flexibility index (Phi) is 2.72. The van der Waals surface area contributed by atoms with Gasteiger partial charge in [-0.1, -0.05) is 51.8 Å². The summed E-state index contributed by atoms with van der Waals surface area (Å²) in [6.07, 6.45) is 1.24. The summed E-state index contributed by atoms with van der Waals surface area (Å²) in [5.41, 5.74) is 0. The van der Waals surface area contributed by atoms with Crippen molar-refractivity contribution in [1.29, 1.82) is 0 Å². The van der Waals surface area contributed by atoms with E-state index < -0.39 is 8.07 Å². The zero-order valence-electron chi connectivity index (χ0n) is 8.74. The predicted molar refractivity (Wildman–Crippen MR) is 47.7 cm³/mol. The molecule has 0 heterocycles. The van der Waals surface area contributed by atoms with Crippen molar-refractivity contribution >= 4 is 8.07 Å². The number of hydrogen-bond acceptors (Lipinski definition) is 0. The second-order valence-electron chi connectivity index (χ2n) is 3.06. The Balaban J connectivity index is 3.79. The van der Waals surface area contributed by atoms with Crippen molar-refractivity contribution < 1.29 is 2.74 Å². The Morgan fingerprint density at radius 1 is 1.33 bits per heavy atom. The van der Waals surface area contributed by atoms with Crippen LogP contribution < -0.4 is 0 Å². The Morgan fingerprint density at radius 2 is 1.89 bits per heavy atom. The molecule has 0 saturated heterocycles. The van der Waals surface area contributed by atoms with Crippen LogP contribution in [0.1, 0.15) is 29.9 Å². The van der Waals surface area contributed by atoms with Crippen LogP contribution in [0.3, 0.4) is 0 Å². The van der Waals surface area contributed by atoms with Crippen LogP contribution >= 0.6 is 0 Å². The minimum atomic E-state index is -1.12. The van der Waals surface area contributed by atoms with Crippen LogP contribution in [0.5, 0.6) is 0 Å². The molecule has 0 atom stereocenters. The Hall–Kier alpha value is 0.217. The summed E-state index contributed by atoms with van der Waals surface area (Å²) < 4.78 is 14.4. The fourth-order valence-corrected chi connectivity index (χ4v) is 2.94. The summed E-state index contributed by atoms with van der Waals surface area (Å²) in [7, 11) is -1.12. The standard InChI is InChI=1S/C8H20Si/c1-5-8-9(4,6-2)7-3/h5-8H2,1-4H3/i2T,3T. The highest BCUT2D eigenvalue weighted by Gasteiger charge is 2.19. The van der Waals surface area contributed by atoms with Crippen LogP contribution in [0.25, 0.3) is 0 Å². The summed E-state index contributed by atoms with van der Waals surface area (Å²) in [6.45, 7) is 5.70. The van der Waals surface area contributed by atoms with Gasteiger partial charge in [0.1, 0.15) is 0 Å². The van der Waals surface area contributed by atoms with Crippen LogP contribution in [0.4, 0.5) is 0 Å². The summed E-state index contributed by atoms with van der Waals surface area (Å²) >= 11 is 0. The van der Waals surface area contributed by atoms with Crippen molar-refractivity contribution in [2.24, 2.45) is 0 Å². The zero-order chi connectivity index (χ0) is 8.74. The van der Waals surface area contributed by atoms with E-state index in [1.807, 2.05) is 0 Å². The molecule has 0 spiro atoms. The highest BCUT2D eigenvalue weighted by molar-refractivity contribution is 6.78. The highest BCUT2D eigenvalue weighted by Crippen LogP contribution is 2.20. The van der Waals surface area contributed by atoms with Crippen molar-refractivity contribution in [2.45, 2.75) is 51.8 Å². The smallest absolute Gasteiger partial charge is 0.0499 e. The van der Waals surface area contributed by atoms with Gasteiger partial charge >= 0.3 is 0 Å². The third kappa shape index (κ3) is 3.04. The van der Waals surface area contributed by atoms with Gasteiger partial charge in [0.15, 0.2) is 0 Å². The molecule has 0 amide bonds. The third-order valence-electron chi connectivity index (χ3n) is 2.06. The van der Waals surface area contributed by atoms with E-state index in [0.29, 0.717) is 13.8 Å². The SMILES string of the molecule is [3H]CC[Si](C)(CC[3H])CCC. The Morgan fingerprint density at radius 3 is 2.22 bits per heavy atom. The molecule has 0 radical (unpaired) electrons. The molecule has 0 aromatic carbocycles. The maximum Gasteiger partial charge on any atom is 0.0499 e. The molecule has 0 aromatic heterocycles. The first kappa shape index (κ1) is 5.96. The fourth-order valence-electron chi connectivity index (χ4n) is 0.979. The van der Waals surface area contributed by atoms with Gasteiger partial charge in [-0.3, -0.25) is 0 Å². The molecule has 1 heteroatoms. The van der Waals surface area contributed by atoms with Crippen molar-refractivity contribution in [3.05, 3.63) is 0 Å². The van der Waals surface area contributed by atoms with E-state index in [2.05, 4.69) is 13.5 Å². The molecule has 0 fully saturated rings. The van der Waals surface area contributed by atoms with E-state index >= 15 is 0 Å². The van der Waals surface area contributed by atoms with Gasteiger partial charge in [-0.2, -0.15) is 0 Å². The topological polar surface area (TPSA) is 0 Å². The molecule has 9 heavy (non-hydrogen) atoms. The Bertz CT molecular complexity index is 79.1. The third-order valence-corrected chi connectivity index (χ3v) is 6.18. The van der Waals surface area contributed by atoms with Crippen molar-refractivity contribution in [2.75, 3.05) is 0 Å². The lowest BCUT2D eigenvalue weighted by molar-refractivity contribution is 1.01. The molecule has 0 unspecified atom stereocenters. The quantitative estimate of drug-likeness (QED) is 0.535. The molecule has 0 aromatic rings. The lowest BCUT2D eigenvalue weighted by atomic mass is 10.6. The molecule has 0 nitrogen and oxygen atoms in total. The first-order valence-corrected chi connectivity index (χ1v) is 6.89. The van der Waals surface area contributed by atoms with E-state index in [9.17, 15) is 0 Å². The molecule has 0 aliphatic rings. The fraction of sp³-hybridized carbons (Fsp3) is 1.00. The maximum absolute atomic E-state index is 7.19. The van der Waals surface area contributed by atoms with Gasteiger partial charge in [0.2, 0.25) is 0 Å². The van der Waals surface area contributed by atoms with Crippen molar-refractivity contribution in [1.82, 2.24) is 0 Å². The van der Waals surface area contributed by atoms with Crippen LogP contribution in [0.15, 0.2) is 0 Å². The second-order valence-corrected chi connectivity index (χ2v) is 8.18. The summed E-state index contributed by atoms with van der Waals surface area (Å²) in [4.78, 5) is 0. The highest BCUT2D eigenvalue weighted by atomic mass is 28.3. The number of rotatable bonds is 4. The maximum atomic E-state index is 7.19. The largest absolute Gasteiger partial charge is 0.0692 e. The molecular formula is C8H20Si. The first-order valence-electron chi connectivity index (χ1n) is 5.18. The normalized spacial score (nSPS) is 14.9. The van der Waals surface area contributed by atoms with Gasteiger partial charge < -0.3 is 0 Å². The molecular weight excluding hydrogens is 124 g/mol. The van der Waals surface area contributed by atoms with E-state index in [1.54, 1.807) is 0 Å². The summed E-state index contributed by atoms with van der Waals surface area (Å²) in [6, 6.07) is 3.50. The summed E-state index contributed by atoms with van der Waals surface area (Å²) in [5, 5.41) is 0. The number of hydrogen-bond donors (Lipinski definition) is 0. The minimum Gasteiger partial charge on any atom is -0.0692 e. The summed E-state index contributed by atoms with van der Waals surface area (Å²) in [5.74, 6) is 0. The van der Waals surface area contributed by atoms with Gasteiger partial charge in [-0.25, -0.2) is 0 Å². The lowest BCUT2D eigenvalue weighted by Gasteiger charge is -2.22. The van der Waals surface area contributed by atoms with E-state index in [0.717, 1.165) is 12.1 Å². The van der Waals surface area contributed by atoms with Crippen LogP contribution in [0.2, 0.25) is 24.7 Å². The van der Waals surface area contributed by atoms with Crippen molar-refractivity contribution in [3.8, 4) is 0 Å². The van der Waals surface area contributed by atoms with Gasteiger partial charge in [0, 0.05) is 10.8 Å². The molecule has 56 valence electrons. The zero-order valence-corrected chi connectivity index (χ0v) is 7.74. The van der Waals surface area contributed by atoms with Gasteiger partial charge in [0.05, 0.1) is 0 Å². The average molecular weight is 148 g/mol. The molecule has 0 rings (SSSR count). The van der Waals surface area contributed by atoms with E-state index in [4.69, 9.17) is 2.74 Å². The first-order chi connectivity index (χ1) is 5.18. The van der Waals surface area contributed by atoms with Gasteiger partial charge in [-0.05, 0) is 0 Å². The van der Waals surface area contributed by atoms with Crippen LogP contribution in [-0.4, -0.2) is 8.07 Å². The van der Waals surface area contributed by atoms with E-state index in [1.165, 1.54) is 12.5 Å². The van der Waals surface area contributed by atoms with Crippen LogP contribution in [-0.2, 0) is 0 Å². The monoisotopic (exact) mass is 148 g/mol. The Labute approximate surface area is 63.5 Å².